The Labute approximate surface area is 160 Å². The Morgan fingerprint density at radius 2 is 1.77 bits per heavy atom. The van der Waals surface area contributed by atoms with Gasteiger partial charge in [-0.05, 0) is 52.3 Å². The van der Waals surface area contributed by atoms with E-state index in [1.165, 1.54) is 17.4 Å². The standard InChI is InChI=1S/C20H11BrO4S/c21-19-10-9-16(24-19)20(23)25-15-7-3-1-6-13(15)18-11-14(22)12-5-2-4-8-17(12)26-18/h1-11H. The third-order valence-electron chi connectivity index (χ3n) is 3.76. The average Bonchev–Trinajstić information content (AvgIpc) is 3.09. The second-order valence-corrected chi connectivity index (χ2v) is 7.33. The summed E-state index contributed by atoms with van der Waals surface area (Å²) in [5, 5.41) is 0.677. The number of benzene rings is 2. The highest BCUT2D eigenvalue weighted by molar-refractivity contribution is 9.10. The zero-order valence-electron chi connectivity index (χ0n) is 13.3. The molecule has 0 spiro atoms. The number of hydrogen-bond donors (Lipinski definition) is 0. The van der Waals surface area contributed by atoms with Crippen molar-refractivity contribution in [3.63, 3.8) is 0 Å². The highest BCUT2D eigenvalue weighted by Gasteiger charge is 2.17. The summed E-state index contributed by atoms with van der Waals surface area (Å²) < 4.78 is 12.1. The number of carbonyl (C=O) groups is 1. The zero-order valence-corrected chi connectivity index (χ0v) is 15.7. The first-order valence-electron chi connectivity index (χ1n) is 7.71. The molecule has 0 fully saturated rings. The lowest BCUT2D eigenvalue weighted by Crippen LogP contribution is -2.08. The van der Waals surface area contributed by atoms with Crippen molar-refractivity contribution < 1.29 is 13.9 Å². The van der Waals surface area contributed by atoms with Gasteiger partial charge in [0.25, 0.3) is 0 Å². The fourth-order valence-corrected chi connectivity index (χ4v) is 3.98. The first-order valence-corrected chi connectivity index (χ1v) is 9.32. The predicted octanol–water partition coefficient (Wildman–Crippen LogP) is 5.50. The van der Waals surface area contributed by atoms with Crippen molar-refractivity contribution in [3.8, 4) is 16.2 Å². The highest BCUT2D eigenvalue weighted by Crippen LogP contribution is 2.34. The van der Waals surface area contributed by atoms with Crippen molar-refractivity contribution in [3.05, 3.63) is 87.4 Å². The van der Waals surface area contributed by atoms with Gasteiger partial charge in [-0.3, -0.25) is 4.79 Å². The summed E-state index contributed by atoms with van der Waals surface area (Å²) in [6, 6.07) is 19.3. The van der Waals surface area contributed by atoms with E-state index in [0.717, 1.165) is 9.58 Å². The molecule has 0 aliphatic heterocycles. The van der Waals surface area contributed by atoms with Gasteiger partial charge in [-0.2, -0.15) is 0 Å². The minimum atomic E-state index is -0.601. The minimum Gasteiger partial charge on any atom is -0.442 e. The Kier molecular flexibility index (Phi) is 4.44. The van der Waals surface area contributed by atoms with E-state index in [-0.39, 0.29) is 11.2 Å². The molecule has 128 valence electrons. The molecule has 0 aliphatic rings. The van der Waals surface area contributed by atoms with Crippen molar-refractivity contribution in [2.24, 2.45) is 0 Å². The summed E-state index contributed by atoms with van der Waals surface area (Å²) in [4.78, 5) is 25.4. The van der Waals surface area contributed by atoms with Crippen molar-refractivity contribution in [1.82, 2.24) is 0 Å². The number of para-hydroxylation sites is 1. The number of halogens is 1. The fourth-order valence-electron chi connectivity index (χ4n) is 2.57. The van der Waals surface area contributed by atoms with Gasteiger partial charge < -0.3 is 9.15 Å². The van der Waals surface area contributed by atoms with Gasteiger partial charge in [0, 0.05) is 26.6 Å². The maximum atomic E-state index is 12.4. The van der Waals surface area contributed by atoms with Crippen LogP contribution in [0.15, 0.2) is 80.6 Å². The molecule has 6 heteroatoms. The largest absolute Gasteiger partial charge is 0.442 e. The van der Waals surface area contributed by atoms with Gasteiger partial charge in [-0.1, -0.05) is 24.3 Å². The van der Waals surface area contributed by atoms with Crippen molar-refractivity contribution in [2.45, 2.75) is 0 Å². The second kappa shape index (κ2) is 6.90. The molecule has 2 aromatic carbocycles. The molecule has 0 N–H and O–H groups in total. The van der Waals surface area contributed by atoms with Crippen LogP contribution in [0.4, 0.5) is 0 Å². The van der Waals surface area contributed by atoms with E-state index in [1.54, 1.807) is 30.3 Å². The Balaban J connectivity index is 1.76. The van der Waals surface area contributed by atoms with E-state index < -0.39 is 5.97 Å². The normalized spacial score (nSPS) is 10.8. The minimum absolute atomic E-state index is 0.0644. The molecule has 0 bridgehead atoms. The van der Waals surface area contributed by atoms with Crippen molar-refractivity contribution >= 4 is 43.3 Å². The van der Waals surface area contributed by atoms with Crippen LogP contribution in [-0.4, -0.2) is 5.97 Å². The van der Waals surface area contributed by atoms with E-state index in [2.05, 4.69) is 15.9 Å². The molecule has 0 unspecified atom stereocenters. The van der Waals surface area contributed by atoms with E-state index in [9.17, 15) is 9.59 Å². The van der Waals surface area contributed by atoms with Crippen LogP contribution in [0.2, 0.25) is 0 Å². The number of carbonyl (C=O) groups excluding carboxylic acids is 1. The van der Waals surface area contributed by atoms with Crippen LogP contribution < -0.4 is 10.2 Å². The van der Waals surface area contributed by atoms with Crippen LogP contribution in [0.5, 0.6) is 5.75 Å². The average molecular weight is 427 g/mol. The molecule has 0 amide bonds. The molecule has 0 saturated carbocycles. The Morgan fingerprint density at radius 3 is 2.58 bits per heavy atom. The molecule has 4 aromatic rings. The third-order valence-corrected chi connectivity index (χ3v) is 5.32. The smallest absolute Gasteiger partial charge is 0.379 e. The molecule has 0 atom stereocenters. The number of hydrogen-bond acceptors (Lipinski definition) is 5. The van der Waals surface area contributed by atoms with E-state index in [0.29, 0.717) is 21.4 Å². The number of rotatable bonds is 3. The predicted molar refractivity (Wildman–Crippen MR) is 105 cm³/mol. The summed E-state index contributed by atoms with van der Waals surface area (Å²) in [6.45, 7) is 0. The number of furan rings is 1. The lowest BCUT2D eigenvalue weighted by atomic mass is 10.1. The quantitative estimate of drug-likeness (QED) is 0.320. The van der Waals surface area contributed by atoms with Gasteiger partial charge in [0.1, 0.15) is 5.75 Å². The third kappa shape index (κ3) is 3.21. The topological polar surface area (TPSA) is 56.5 Å². The van der Waals surface area contributed by atoms with Crippen molar-refractivity contribution in [2.75, 3.05) is 0 Å². The molecular formula is C20H11BrO4S. The van der Waals surface area contributed by atoms with E-state index in [1.807, 2.05) is 30.3 Å². The Morgan fingerprint density at radius 1 is 1.00 bits per heavy atom. The lowest BCUT2D eigenvalue weighted by Gasteiger charge is -2.09. The van der Waals surface area contributed by atoms with Gasteiger partial charge in [0.2, 0.25) is 5.76 Å². The second-order valence-electron chi connectivity index (χ2n) is 5.46. The Hall–Kier alpha value is -2.70. The first-order chi connectivity index (χ1) is 12.6. The van der Waals surface area contributed by atoms with Crippen LogP contribution >= 0.6 is 27.3 Å². The van der Waals surface area contributed by atoms with Gasteiger partial charge in [0.05, 0.1) is 0 Å². The molecule has 0 saturated heterocycles. The number of ether oxygens (including phenoxy) is 1. The molecule has 2 heterocycles. The van der Waals surface area contributed by atoms with Gasteiger partial charge in [0.15, 0.2) is 10.1 Å². The fraction of sp³-hybridized carbons (Fsp3) is 0. The zero-order chi connectivity index (χ0) is 18.1. The monoisotopic (exact) mass is 426 g/mol. The maximum absolute atomic E-state index is 12.4. The van der Waals surface area contributed by atoms with Gasteiger partial charge >= 0.3 is 5.97 Å². The van der Waals surface area contributed by atoms with Gasteiger partial charge in [-0.15, -0.1) is 11.3 Å². The first kappa shape index (κ1) is 16.8. The molecule has 0 aliphatic carbocycles. The van der Waals surface area contributed by atoms with Crippen LogP contribution in [0.3, 0.4) is 0 Å². The summed E-state index contributed by atoms with van der Waals surface area (Å²) in [5.74, 6) is -0.134. The maximum Gasteiger partial charge on any atom is 0.379 e. The molecule has 0 radical (unpaired) electrons. The molecular weight excluding hydrogens is 416 g/mol. The summed E-state index contributed by atoms with van der Waals surface area (Å²) >= 11 is 4.63. The Bertz CT molecular complexity index is 1180. The summed E-state index contributed by atoms with van der Waals surface area (Å²) in [6.07, 6.45) is 0. The summed E-state index contributed by atoms with van der Waals surface area (Å²) in [7, 11) is 0. The van der Waals surface area contributed by atoms with E-state index in [4.69, 9.17) is 9.15 Å². The van der Waals surface area contributed by atoms with Crippen LogP contribution in [0, 0.1) is 0 Å². The molecule has 4 rings (SSSR count). The van der Waals surface area contributed by atoms with E-state index >= 15 is 0 Å². The number of esters is 1. The molecule has 4 nitrogen and oxygen atoms in total. The summed E-state index contributed by atoms with van der Waals surface area (Å²) in [5.41, 5.74) is 0.616. The SMILES string of the molecule is O=C(Oc1ccccc1-c1cc(=O)c2ccccc2s1)c1ccc(Br)o1. The van der Waals surface area contributed by atoms with Crippen molar-refractivity contribution in [1.29, 1.82) is 0 Å². The lowest BCUT2D eigenvalue weighted by molar-refractivity contribution is 0.0701. The molecule has 2 aromatic heterocycles. The van der Waals surface area contributed by atoms with Crippen LogP contribution in [0.25, 0.3) is 20.5 Å². The van der Waals surface area contributed by atoms with Gasteiger partial charge in [-0.25, -0.2) is 4.79 Å². The van der Waals surface area contributed by atoms with Crippen LogP contribution in [0.1, 0.15) is 10.6 Å². The highest BCUT2D eigenvalue weighted by atomic mass is 79.9. The van der Waals surface area contributed by atoms with Crippen LogP contribution in [-0.2, 0) is 0 Å². The molecule has 26 heavy (non-hydrogen) atoms. The number of fused-ring (bicyclic) bond motifs is 1.